The van der Waals surface area contributed by atoms with Crippen molar-refractivity contribution in [3.8, 4) is 0 Å². The van der Waals surface area contributed by atoms with Crippen molar-refractivity contribution in [2.45, 2.75) is 6.92 Å². The van der Waals surface area contributed by atoms with Crippen LogP contribution in [0.3, 0.4) is 0 Å². The van der Waals surface area contributed by atoms with Gasteiger partial charge in [0, 0.05) is 15.0 Å². The van der Waals surface area contributed by atoms with Crippen LogP contribution in [-0.4, -0.2) is 9.97 Å². The van der Waals surface area contributed by atoms with E-state index in [9.17, 15) is 0 Å². The number of rotatable bonds is 2. The first-order valence-electron chi connectivity index (χ1n) is 5.78. The highest BCUT2D eigenvalue weighted by molar-refractivity contribution is 9.10. The van der Waals surface area contributed by atoms with Gasteiger partial charge in [-0.2, -0.15) is 4.98 Å². The molecule has 3 N–H and O–H groups in total. The predicted molar refractivity (Wildman–Crippen MR) is 89.0 cm³/mol. The van der Waals surface area contributed by atoms with Crippen molar-refractivity contribution in [1.82, 2.24) is 9.97 Å². The number of halogens is 2. The van der Waals surface area contributed by atoms with Gasteiger partial charge in [-0.15, -0.1) is 11.3 Å². The molecule has 0 aliphatic carbocycles. The zero-order valence-electron chi connectivity index (χ0n) is 10.4. The third-order valence-electron chi connectivity index (χ3n) is 2.72. The first-order valence-corrected chi connectivity index (χ1v) is 7.77. The molecule has 20 heavy (non-hydrogen) atoms. The molecule has 7 heteroatoms. The molecule has 3 rings (SSSR count). The molecule has 0 aliphatic heterocycles. The van der Waals surface area contributed by atoms with Crippen LogP contribution in [0.15, 0.2) is 28.7 Å². The molecule has 0 saturated carbocycles. The Labute approximate surface area is 133 Å². The van der Waals surface area contributed by atoms with Gasteiger partial charge in [0.1, 0.15) is 10.6 Å². The molecule has 0 fully saturated rings. The van der Waals surface area contributed by atoms with Crippen molar-refractivity contribution >= 4 is 66.5 Å². The summed E-state index contributed by atoms with van der Waals surface area (Å²) in [6, 6.07) is 7.67. The van der Waals surface area contributed by atoms with Gasteiger partial charge in [0.05, 0.1) is 10.4 Å². The van der Waals surface area contributed by atoms with E-state index in [0.717, 1.165) is 25.3 Å². The van der Waals surface area contributed by atoms with Crippen molar-refractivity contribution in [1.29, 1.82) is 0 Å². The molecule has 0 amide bonds. The first kappa shape index (κ1) is 13.6. The fourth-order valence-electron chi connectivity index (χ4n) is 1.86. The second-order valence-electron chi connectivity index (χ2n) is 4.26. The summed E-state index contributed by atoms with van der Waals surface area (Å²) < 4.78 is 0.850. The van der Waals surface area contributed by atoms with E-state index in [1.807, 2.05) is 31.2 Å². The third-order valence-corrected chi connectivity index (χ3v) is 4.89. The number of fused-ring (bicyclic) bond motifs is 1. The molecule has 4 nitrogen and oxygen atoms in total. The van der Waals surface area contributed by atoms with E-state index in [-0.39, 0.29) is 5.95 Å². The van der Waals surface area contributed by atoms with Gasteiger partial charge in [-0.1, -0.05) is 11.6 Å². The average Bonchev–Trinajstić information content (AvgIpc) is 2.74. The molecule has 3 aromatic rings. The molecule has 0 unspecified atom stereocenters. The number of hydrogen-bond acceptors (Lipinski definition) is 5. The molecule has 2 aromatic heterocycles. The zero-order valence-corrected chi connectivity index (χ0v) is 13.6. The van der Waals surface area contributed by atoms with Crippen LogP contribution in [0.1, 0.15) is 4.88 Å². The average molecular weight is 370 g/mol. The summed E-state index contributed by atoms with van der Waals surface area (Å²) in [5, 5.41) is 4.83. The molecule has 102 valence electrons. The molecule has 1 aromatic carbocycles. The Morgan fingerprint density at radius 2 is 2.10 bits per heavy atom. The maximum Gasteiger partial charge on any atom is 0.223 e. The molecule has 2 heterocycles. The Hall–Kier alpha value is -1.37. The van der Waals surface area contributed by atoms with Gasteiger partial charge in [0.25, 0.3) is 0 Å². The summed E-state index contributed by atoms with van der Waals surface area (Å²) in [7, 11) is 0. The third kappa shape index (κ3) is 2.59. The molecule has 0 spiro atoms. The van der Waals surface area contributed by atoms with Crippen LogP contribution in [0.2, 0.25) is 5.02 Å². The maximum absolute atomic E-state index is 6.09. The van der Waals surface area contributed by atoms with E-state index in [0.29, 0.717) is 10.8 Å². The predicted octanol–water partition coefficient (Wildman–Crippen LogP) is 4.74. The Balaban J connectivity index is 2.07. The van der Waals surface area contributed by atoms with Crippen LogP contribution in [0, 0.1) is 6.92 Å². The lowest BCUT2D eigenvalue weighted by Crippen LogP contribution is -2.00. The fourth-order valence-corrected chi connectivity index (χ4v) is 3.18. The van der Waals surface area contributed by atoms with E-state index >= 15 is 0 Å². The van der Waals surface area contributed by atoms with Crippen LogP contribution in [0.4, 0.5) is 17.5 Å². The Morgan fingerprint density at radius 3 is 2.85 bits per heavy atom. The van der Waals surface area contributed by atoms with E-state index in [4.69, 9.17) is 17.3 Å². The van der Waals surface area contributed by atoms with E-state index in [2.05, 4.69) is 31.2 Å². The molecule has 0 radical (unpaired) electrons. The van der Waals surface area contributed by atoms with Gasteiger partial charge in [0.2, 0.25) is 5.95 Å². The second-order valence-corrected chi connectivity index (χ2v) is 6.76. The number of nitrogen functional groups attached to an aromatic ring is 1. The van der Waals surface area contributed by atoms with Crippen molar-refractivity contribution < 1.29 is 0 Å². The molecular weight excluding hydrogens is 360 g/mol. The summed E-state index contributed by atoms with van der Waals surface area (Å²) in [6.45, 7) is 2.03. The minimum atomic E-state index is 0.255. The lowest BCUT2D eigenvalue weighted by Gasteiger charge is -2.08. The zero-order chi connectivity index (χ0) is 14.3. The normalized spacial score (nSPS) is 10.9. The van der Waals surface area contributed by atoms with Crippen LogP contribution in [0.5, 0.6) is 0 Å². The van der Waals surface area contributed by atoms with Gasteiger partial charge >= 0.3 is 0 Å². The molecule has 0 bridgehead atoms. The molecule has 0 atom stereocenters. The summed E-state index contributed by atoms with van der Waals surface area (Å²) >= 11 is 11.0. The van der Waals surface area contributed by atoms with E-state index < -0.39 is 0 Å². The number of nitrogens with two attached hydrogens (primary N) is 1. The highest BCUT2D eigenvalue weighted by Crippen LogP contribution is 2.32. The monoisotopic (exact) mass is 368 g/mol. The number of hydrogen-bond donors (Lipinski definition) is 2. The Kier molecular flexibility index (Phi) is 3.54. The Bertz CT molecular complexity index is 802. The lowest BCUT2D eigenvalue weighted by atomic mass is 10.3. The van der Waals surface area contributed by atoms with Gasteiger partial charge in [-0.05, 0) is 47.1 Å². The van der Waals surface area contributed by atoms with Crippen LogP contribution in [0.25, 0.3) is 10.2 Å². The van der Waals surface area contributed by atoms with Crippen LogP contribution >= 0.6 is 38.9 Å². The maximum atomic E-state index is 6.09. The Morgan fingerprint density at radius 1 is 1.30 bits per heavy atom. The number of nitrogens with one attached hydrogen (secondary N) is 1. The first-order chi connectivity index (χ1) is 9.52. The number of anilines is 3. The van der Waals surface area contributed by atoms with E-state index in [1.54, 1.807) is 11.3 Å². The van der Waals surface area contributed by atoms with Crippen molar-refractivity contribution in [2.75, 3.05) is 11.1 Å². The molecule has 0 saturated heterocycles. The SMILES string of the molecule is Cc1cc2c(Nc3ccc(Br)c(Cl)c3)nc(N)nc2s1. The smallest absolute Gasteiger partial charge is 0.223 e. The summed E-state index contributed by atoms with van der Waals surface area (Å²) in [6.07, 6.45) is 0. The van der Waals surface area contributed by atoms with Gasteiger partial charge in [-0.3, -0.25) is 0 Å². The van der Waals surface area contributed by atoms with Crippen molar-refractivity contribution in [3.05, 3.63) is 38.6 Å². The van der Waals surface area contributed by atoms with Crippen LogP contribution in [-0.2, 0) is 0 Å². The minimum absolute atomic E-state index is 0.255. The number of aromatic nitrogens is 2. The minimum Gasteiger partial charge on any atom is -0.368 e. The topological polar surface area (TPSA) is 63.8 Å². The highest BCUT2D eigenvalue weighted by atomic mass is 79.9. The quantitative estimate of drug-likeness (QED) is 0.684. The highest BCUT2D eigenvalue weighted by Gasteiger charge is 2.10. The van der Waals surface area contributed by atoms with Gasteiger partial charge in [0.15, 0.2) is 0 Å². The number of aryl methyl sites for hydroxylation is 1. The largest absolute Gasteiger partial charge is 0.368 e. The molecule has 0 aliphatic rings. The van der Waals surface area contributed by atoms with E-state index in [1.165, 1.54) is 0 Å². The molecular formula is C13H10BrClN4S. The van der Waals surface area contributed by atoms with Gasteiger partial charge in [-0.25, -0.2) is 4.98 Å². The number of nitrogens with zero attached hydrogens (tertiary/aromatic N) is 2. The number of thiophene rings is 1. The standard InChI is InChI=1S/C13H10BrClN4S/c1-6-4-8-11(18-13(16)19-12(8)20-6)17-7-2-3-9(14)10(15)5-7/h2-5H,1H3,(H3,16,17,18,19). The summed E-state index contributed by atoms with van der Waals surface area (Å²) in [5.41, 5.74) is 6.60. The van der Waals surface area contributed by atoms with Gasteiger partial charge < -0.3 is 11.1 Å². The van der Waals surface area contributed by atoms with Crippen molar-refractivity contribution in [3.63, 3.8) is 0 Å². The second kappa shape index (κ2) is 5.20. The fraction of sp³-hybridized carbons (Fsp3) is 0.0769. The summed E-state index contributed by atoms with van der Waals surface area (Å²) in [4.78, 5) is 10.6. The summed E-state index contributed by atoms with van der Waals surface area (Å²) in [5.74, 6) is 0.945. The van der Waals surface area contributed by atoms with Crippen LogP contribution < -0.4 is 11.1 Å². The number of benzene rings is 1. The lowest BCUT2D eigenvalue weighted by molar-refractivity contribution is 1.24. The van der Waals surface area contributed by atoms with Crippen molar-refractivity contribution in [2.24, 2.45) is 0 Å².